The van der Waals surface area contributed by atoms with E-state index in [1.807, 2.05) is 6.07 Å². The zero-order valence-corrected chi connectivity index (χ0v) is 13.5. The molecule has 6 heteroatoms. The lowest BCUT2D eigenvalue weighted by atomic mass is 10.2. The number of hydrogen-bond acceptors (Lipinski definition) is 6. The maximum absolute atomic E-state index is 11.8. The molecular weight excluding hydrogens is 294 g/mol. The molecule has 0 atom stereocenters. The molecule has 0 spiro atoms. The molecule has 0 amide bonds. The minimum atomic E-state index is -0.742. The topological polar surface area (TPSA) is 65.8 Å². The number of nitrogens with zero attached hydrogens (tertiary/aromatic N) is 3. The number of hydrogen-bond donors (Lipinski definition) is 0. The molecule has 1 aromatic carbocycles. The van der Waals surface area contributed by atoms with Gasteiger partial charge in [-0.3, -0.25) is 0 Å². The molecule has 0 aliphatic carbocycles. The highest BCUT2D eigenvalue weighted by Gasteiger charge is 2.20. The van der Waals surface area contributed by atoms with E-state index in [0.29, 0.717) is 24.4 Å². The van der Waals surface area contributed by atoms with E-state index in [4.69, 9.17) is 14.8 Å². The molecule has 1 aliphatic rings. The summed E-state index contributed by atoms with van der Waals surface area (Å²) in [6.45, 7) is 6.48. The van der Waals surface area contributed by atoms with Crippen LogP contribution >= 0.6 is 0 Å². The number of unbranched alkanes of at least 4 members (excludes halogenated alkanes) is 2. The number of piperazine rings is 1. The van der Waals surface area contributed by atoms with Crippen molar-refractivity contribution in [2.45, 2.75) is 26.2 Å². The zero-order chi connectivity index (χ0) is 16.5. The van der Waals surface area contributed by atoms with Crippen LogP contribution in [0.15, 0.2) is 24.3 Å². The summed E-state index contributed by atoms with van der Waals surface area (Å²) in [5.74, 6) is 0.368. The normalized spacial score (nSPS) is 15.8. The Morgan fingerprint density at radius 1 is 1.17 bits per heavy atom. The van der Waals surface area contributed by atoms with E-state index in [1.54, 1.807) is 29.3 Å². The van der Waals surface area contributed by atoms with E-state index in [0.717, 1.165) is 19.6 Å². The molecule has 1 heterocycles. The van der Waals surface area contributed by atoms with Gasteiger partial charge >= 0.3 is 6.16 Å². The third-order valence-corrected chi connectivity index (χ3v) is 3.80. The van der Waals surface area contributed by atoms with Gasteiger partial charge in [0.15, 0.2) is 0 Å². The fraction of sp³-hybridized carbons (Fsp3) is 0.529. The molecule has 0 radical (unpaired) electrons. The highest BCUT2D eigenvalue weighted by atomic mass is 16.8. The molecule has 6 nitrogen and oxygen atoms in total. The summed E-state index contributed by atoms with van der Waals surface area (Å²) in [5, 5.41) is 10.4. The van der Waals surface area contributed by atoms with Crippen molar-refractivity contribution in [2.75, 3.05) is 32.7 Å². The third-order valence-electron chi connectivity index (χ3n) is 3.80. The van der Waals surface area contributed by atoms with Crippen LogP contribution in [0.2, 0.25) is 0 Å². The van der Waals surface area contributed by atoms with E-state index >= 15 is 0 Å². The average Bonchev–Trinajstić information content (AvgIpc) is 2.57. The zero-order valence-electron chi connectivity index (χ0n) is 13.5. The molecule has 0 unspecified atom stereocenters. The quantitative estimate of drug-likeness (QED) is 0.457. The lowest BCUT2D eigenvalue weighted by molar-refractivity contribution is -0.136. The van der Waals surface area contributed by atoms with E-state index in [2.05, 4.69) is 11.8 Å². The molecular formula is C17H23N3O3. The molecule has 124 valence electrons. The average molecular weight is 317 g/mol. The minimum Gasteiger partial charge on any atom is -0.394 e. The second-order valence-electron chi connectivity index (χ2n) is 5.56. The Bertz CT molecular complexity index is 531. The summed E-state index contributed by atoms with van der Waals surface area (Å²) in [6.07, 6.45) is 2.96. The highest BCUT2D eigenvalue weighted by molar-refractivity contribution is 5.63. The Labute approximate surface area is 137 Å². The second kappa shape index (κ2) is 9.13. The van der Waals surface area contributed by atoms with Crippen LogP contribution in [0.4, 0.5) is 4.79 Å². The van der Waals surface area contributed by atoms with Crippen molar-refractivity contribution in [3.05, 3.63) is 29.8 Å². The van der Waals surface area contributed by atoms with Crippen LogP contribution in [-0.2, 0) is 4.84 Å². The summed E-state index contributed by atoms with van der Waals surface area (Å²) < 4.78 is 5.10. The Morgan fingerprint density at radius 3 is 2.48 bits per heavy atom. The molecule has 1 fully saturated rings. The van der Waals surface area contributed by atoms with Gasteiger partial charge in [-0.15, -0.1) is 5.06 Å². The third kappa shape index (κ3) is 5.89. The van der Waals surface area contributed by atoms with Gasteiger partial charge in [0, 0.05) is 26.2 Å². The summed E-state index contributed by atoms with van der Waals surface area (Å²) >= 11 is 0. The number of hydroxylamine groups is 2. The molecule has 0 bridgehead atoms. The monoisotopic (exact) mass is 317 g/mol. The van der Waals surface area contributed by atoms with Gasteiger partial charge in [0.25, 0.3) is 0 Å². The molecule has 2 rings (SSSR count). The lowest BCUT2D eigenvalue weighted by Gasteiger charge is -2.32. The van der Waals surface area contributed by atoms with Gasteiger partial charge in [0.1, 0.15) is 5.75 Å². The Kier molecular flexibility index (Phi) is 6.85. The second-order valence-corrected chi connectivity index (χ2v) is 5.56. The largest absolute Gasteiger partial charge is 0.533 e. The van der Waals surface area contributed by atoms with Gasteiger partial charge in [-0.1, -0.05) is 19.8 Å². The minimum absolute atomic E-state index is 0.368. The maximum Gasteiger partial charge on any atom is 0.533 e. The van der Waals surface area contributed by atoms with E-state index in [9.17, 15) is 4.79 Å². The van der Waals surface area contributed by atoms with Gasteiger partial charge in [0.05, 0.1) is 11.6 Å². The predicted octanol–water partition coefficient (Wildman–Crippen LogP) is 2.80. The fourth-order valence-electron chi connectivity index (χ4n) is 2.45. The van der Waals surface area contributed by atoms with Crippen LogP contribution in [-0.4, -0.2) is 48.8 Å². The van der Waals surface area contributed by atoms with Gasteiger partial charge in [-0.05, 0) is 37.2 Å². The van der Waals surface area contributed by atoms with Crippen LogP contribution in [0.3, 0.4) is 0 Å². The first-order chi connectivity index (χ1) is 11.2. The Morgan fingerprint density at radius 2 is 1.87 bits per heavy atom. The molecule has 0 aromatic heterocycles. The van der Waals surface area contributed by atoms with Crippen LogP contribution in [0.25, 0.3) is 0 Å². The van der Waals surface area contributed by atoms with Crippen molar-refractivity contribution >= 4 is 6.16 Å². The smallest absolute Gasteiger partial charge is 0.394 e. The van der Waals surface area contributed by atoms with Crippen molar-refractivity contribution < 1.29 is 14.4 Å². The molecule has 23 heavy (non-hydrogen) atoms. The van der Waals surface area contributed by atoms with Gasteiger partial charge in [-0.25, -0.2) is 4.79 Å². The fourth-order valence-corrected chi connectivity index (χ4v) is 2.45. The van der Waals surface area contributed by atoms with Crippen LogP contribution in [0, 0.1) is 11.3 Å². The first-order valence-electron chi connectivity index (χ1n) is 8.08. The van der Waals surface area contributed by atoms with Crippen molar-refractivity contribution in [1.29, 1.82) is 5.26 Å². The molecule has 0 N–H and O–H groups in total. The molecule has 1 aliphatic heterocycles. The standard InChI is InChI=1S/C17H23N3O3/c1-2-3-4-9-19-10-12-20(13-11-19)23-17(21)22-16-7-5-15(14-18)6-8-16/h5-8H,2-4,9-13H2,1H3. The van der Waals surface area contributed by atoms with Crippen LogP contribution in [0.5, 0.6) is 5.75 Å². The van der Waals surface area contributed by atoms with Crippen LogP contribution < -0.4 is 4.74 Å². The number of ether oxygens (including phenoxy) is 1. The van der Waals surface area contributed by atoms with E-state index in [1.165, 1.54) is 19.3 Å². The molecule has 1 saturated heterocycles. The number of carbonyl (C=O) groups is 1. The number of benzene rings is 1. The first-order valence-corrected chi connectivity index (χ1v) is 8.08. The summed E-state index contributed by atoms with van der Waals surface area (Å²) in [4.78, 5) is 19.4. The van der Waals surface area contributed by atoms with Gasteiger partial charge in [0.2, 0.25) is 0 Å². The number of rotatable bonds is 6. The summed E-state index contributed by atoms with van der Waals surface area (Å²) in [5.41, 5.74) is 0.518. The van der Waals surface area contributed by atoms with Crippen molar-refractivity contribution in [1.82, 2.24) is 9.96 Å². The predicted molar refractivity (Wildman–Crippen MR) is 85.8 cm³/mol. The van der Waals surface area contributed by atoms with E-state index in [-0.39, 0.29) is 0 Å². The highest BCUT2D eigenvalue weighted by Crippen LogP contribution is 2.13. The van der Waals surface area contributed by atoms with Gasteiger partial charge < -0.3 is 14.5 Å². The lowest BCUT2D eigenvalue weighted by Crippen LogP contribution is -2.47. The molecule has 0 saturated carbocycles. The van der Waals surface area contributed by atoms with Crippen molar-refractivity contribution in [3.63, 3.8) is 0 Å². The Balaban J connectivity index is 1.69. The van der Waals surface area contributed by atoms with Gasteiger partial charge in [-0.2, -0.15) is 5.26 Å². The number of nitriles is 1. The van der Waals surface area contributed by atoms with E-state index < -0.39 is 6.16 Å². The SMILES string of the molecule is CCCCCN1CCN(OC(=O)Oc2ccc(C#N)cc2)CC1. The summed E-state index contributed by atoms with van der Waals surface area (Å²) in [6, 6.07) is 8.35. The summed E-state index contributed by atoms with van der Waals surface area (Å²) in [7, 11) is 0. The Hall–Kier alpha value is -2.10. The van der Waals surface area contributed by atoms with Crippen molar-refractivity contribution in [3.8, 4) is 11.8 Å². The molecule has 1 aromatic rings. The number of carbonyl (C=O) groups excluding carboxylic acids is 1. The maximum atomic E-state index is 11.8. The van der Waals surface area contributed by atoms with Crippen LogP contribution in [0.1, 0.15) is 31.7 Å². The first kappa shape index (κ1) is 17.3. The van der Waals surface area contributed by atoms with Crippen molar-refractivity contribution in [2.24, 2.45) is 0 Å².